The molecule has 0 saturated carbocycles. The van der Waals surface area contributed by atoms with E-state index in [9.17, 15) is 14.0 Å². The van der Waals surface area contributed by atoms with E-state index < -0.39 is 21.8 Å². The van der Waals surface area contributed by atoms with E-state index in [1.165, 1.54) is 18.0 Å². The normalized spacial score (nSPS) is 12.6. The van der Waals surface area contributed by atoms with Crippen LogP contribution in [0.1, 0.15) is 41.7 Å². The molecule has 1 atom stereocenters. The number of carbonyl (C=O) groups excluding carboxylic acids is 2. The summed E-state index contributed by atoms with van der Waals surface area (Å²) in [6.45, 7) is 5.15. The second-order valence-electron chi connectivity index (χ2n) is 6.71. The van der Waals surface area contributed by atoms with Crippen LogP contribution in [-0.4, -0.2) is 27.9 Å². The molecule has 2 rings (SSSR count). The summed E-state index contributed by atoms with van der Waals surface area (Å²) in [5.74, 6) is -1.50. The van der Waals surface area contributed by atoms with Gasteiger partial charge in [-0.05, 0) is 24.5 Å². The lowest BCUT2D eigenvalue weighted by Crippen LogP contribution is -2.28. The SMILES string of the molecule is CSc1nccc(C(Br)C(=O)c2cc(F)cc(NC(=O)C(C)(C)C)c2Cl)n1. The molecule has 1 unspecified atom stereocenters. The molecule has 5 nitrogen and oxygen atoms in total. The molecule has 1 N–H and O–H groups in total. The van der Waals surface area contributed by atoms with E-state index in [1.54, 1.807) is 26.8 Å². The quantitative estimate of drug-likeness (QED) is 0.276. The number of alkyl halides is 1. The van der Waals surface area contributed by atoms with Gasteiger partial charge in [0.1, 0.15) is 10.6 Å². The molecule has 0 spiro atoms. The average Bonchev–Trinajstić information content (AvgIpc) is 2.62. The van der Waals surface area contributed by atoms with Crippen LogP contribution in [0.3, 0.4) is 0 Å². The molecule has 0 fully saturated rings. The smallest absolute Gasteiger partial charge is 0.229 e. The molecule has 0 aliphatic heterocycles. The maximum Gasteiger partial charge on any atom is 0.229 e. The van der Waals surface area contributed by atoms with Crippen LogP contribution in [-0.2, 0) is 4.79 Å². The van der Waals surface area contributed by atoms with Gasteiger partial charge in [-0.1, -0.05) is 60.1 Å². The van der Waals surface area contributed by atoms with Gasteiger partial charge in [0.2, 0.25) is 5.91 Å². The van der Waals surface area contributed by atoms with Crippen molar-refractivity contribution in [2.45, 2.75) is 30.8 Å². The summed E-state index contributed by atoms with van der Waals surface area (Å²) in [5, 5.41) is 3.06. The number of benzene rings is 1. The Hall–Kier alpha value is -1.51. The van der Waals surface area contributed by atoms with Crippen molar-refractivity contribution in [3.05, 3.63) is 46.5 Å². The lowest BCUT2D eigenvalue weighted by Gasteiger charge is -2.19. The highest BCUT2D eigenvalue weighted by Gasteiger charge is 2.27. The summed E-state index contributed by atoms with van der Waals surface area (Å²) < 4.78 is 14.1. The van der Waals surface area contributed by atoms with Crippen molar-refractivity contribution >= 4 is 56.7 Å². The van der Waals surface area contributed by atoms with E-state index in [1.807, 2.05) is 6.26 Å². The van der Waals surface area contributed by atoms with Crippen molar-refractivity contribution in [1.82, 2.24) is 9.97 Å². The summed E-state index contributed by atoms with van der Waals surface area (Å²) in [4.78, 5) is 32.6. The van der Waals surface area contributed by atoms with Crippen LogP contribution in [0.15, 0.2) is 29.6 Å². The zero-order valence-corrected chi connectivity index (χ0v) is 18.3. The number of rotatable bonds is 5. The van der Waals surface area contributed by atoms with Crippen LogP contribution in [0, 0.1) is 11.2 Å². The maximum absolute atomic E-state index is 14.1. The van der Waals surface area contributed by atoms with Crippen LogP contribution >= 0.6 is 39.3 Å². The molecule has 9 heteroatoms. The van der Waals surface area contributed by atoms with Crippen LogP contribution in [0.2, 0.25) is 5.02 Å². The Morgan fingerprint density at radius 3 is 2.59 bits per heavy atom. The number of nitrogens with one attached hydrogen (secondary N) is 1. The standard InChI is InChI=1S/C18H18BrClFN3O2S/c1-18(2,3)16(26)23-12-8-9(21)7-10(14(12)20)15(25)13(19)11-5-6-22-17(24-11)27-4/h5-8,13H,1-4H3,(H,23,26). The van der Waals surface area contributed by atoms with E-state index in [2.05, 4.69) is 31.2 Å². The van der Waals surface area contributed by atoms with Gasteiger partial charge in [-0.15, -0.1) is 0 Å². The second kappa shape index (κ2) is 8.67. The van der Waals surface area contributed by atoms with Crippen LogP contribution in [0.5, 0.6) is 0 Å². The number of hydrogen-bond donors (Lipinski definition) is 1. The molecule has 1 amide bonds. The van der Waals surface area contributed by atoms with Crippen LogP contribution in [0.25, 0.3) is 0 Å². The molecule has 0 aliphatic rings. The number of hydrogen-bond acceptors (Lipinski definition) is 5. The number of amides is 1. The summed E-state index contributed by atoms with van der Waals surface area (Å²) in [6, 6.07) is 3.72. The number of Topliss-reactive ketones (excluding diaryl/α,β-unsaturated/α-hetero) is 1. The van der Waals surface area contributed by atoms with Gasteiger partial charge in [0.25, 0.3) is 0 Å². The number of halogens is 3. The molecule has 0 bridgehead atoms. The number of aromatic nitrogens is 2. The largest absolute Gasteiger partial charge is 0.324 e. The number of thioether (sulfide) groups is 1. The molecular formula is C18H18BrClFN3O2S. The molecule has 0 radical (unpaired) electrons. The Bertz CT molecular complexity index is 889. The van der Waals surface area contributed by atoms with E-state index in [0.717, 1.165) is 12.1 Å². The minimum atomic E-state index is -0.836. The Labute approximate surface area is 174 Å². The van der Waals surface area contributed by atoms with Gasteiger partial charge in [0, 0.05) is 17.2 Å². The Morgan fingerprint density at radius 2 is 2.00 bits per heavy atom. The minimum absolute atomic E-state index is 0.0254. The Morgan fingerprint density at radius 1 is 1.33 bits per heavy atom. The van der Waals surface area contributed by atoms with Gasteiger partial charge >= 0.3 is 0 Å². The number of carbonyl (C=O) groups is 2. The van der Waals surface area contributed by atoms with E-state index in [-0.39, 0.29) is 22.2 Å². The first-order chi connectivity index (χ1) is 12.5. The third-order valence-corrected chi connectivity index (χ3v) is 5.41. The molecule has 1 heterocycles. The zero-order chi connectivity index (χ0) is 20.4. The van der Waals surface area contributed by atoms with Gasteiger partial charge in [-0.25, -0.2) is 14.4 Å². The average molecular weight is 475 g/mol. The molecule has 0 saturated heterocycles. The van der Waals surface area contributed by atoms with Crippen LogP contribution < -0.4 is 5.32 Å². The first kappa shape index (κ1) is 21.8. The number of ketones is 1. The summed E-state index contributed by atoms with van der Waals surface area (Å²) in [5.41, 5.74) is -0.272. The predicted octanol–water partition coefficient (Wildman–Crippen LogP) is 5.29. The van der Waals surface area contributed by atoms with Crippen molar-refractivity contribution in [1.29, 1.82) is 0 Å². The Kier molecular flexibility index (Phi) is 6.99. The Balaban J connectivity index is 2.39. The number of anilines is 1. The molecule has 144 valence electrons. The van der Waals surface area contributed by atoms with E-state index in [4.69, 9.17) is 11.6 Å². The molecular weight excluding hydrogens is 457 g/mol. The highest BCUT2D eigenvalue weighted by atomic mass is 79.9. The molecule has 27 heavy (non-hydrogen) atoms. The number of nitrogens with zero attached hydrogens (tertiary/aromatic N) is 2. The molecule has 1 aromatic carbocycles. The van der Waals surface area contributed by atoms with Gasteiger partial charge < -0.3 is 5.32 Å². The van der Waals surface area contributed by atoms with Gasteiger partial charge in [-0.3, -0.25) is 9.59 Å². The predicted molar refractivity (Wildman–Crippen MR) is 109 cm³/mol. The fourth-order valence-corrected chi connectivity index (χ4v) is 3.15. The minimum Gasteiger partial charge on any atom is -0.324 e. The maximum atomic E-state index is 14.1. The summed E-state index contributed by atoms with van der Waals surface area (Å²) in [6.07, 6.45) is 3.36. The topological polar surface area (TPSA) is 72.0 Å². The highest BCUT2D eigenvalue weighted by Crippen LogP contribution is 2.34. The second-order valence-corrected chi connectivity index (χ2v) is 8.78. The third kappa shape index (κ3) is 5.27. The molecule has 0 aliphatic carbocycles. The van der Waals surface area contributed by atoms with E-state index in [0.29, 0.717) is 10.9 Å². The van der Waals surface area contributed by atoms with Crippen molar-refractivity contribution < 1.29 is 14.0 Å². The van der Waals surface area contributed by atoms with Gasteiger partial charge in [0.15, 0.2) is 10.9 Å². The monoisotopic (exact) mass is 473 g/mol. The fourth-order valence-electron chi connectivity index (χ4n) is 2.03. The summed E-state index contributed by atoms with van der Waals surface area (Å²) in [7, 11) is 0. The van der Waals surface area contributed by atoms with Crippen LogP contribution in [0.4, 0.5) is 10.1 Å². The third-order valence-electron chi connectivity index (χ3n) is 3.56. The van der Waals surface area contributed by atoms with Crippen molar-refractivity contribution in [2.75, 3.05) is 11.6 Å². The first-order valence-corrected chi connectivity index (χ1v) is 10.4. The van der Waals surface area contributed by atoms with Gasteiger partial charge in [0.05, 0.1) is 16.4 Å². The first-order valence-electron chi connectivity index (χ1n) is 7.90. The fraction of sp³-hybridized carbons (Fsp3) is 0.333. The van der Waals surface area contributed by atoms with Crippen molar-refractivity contribution in [2.24, 2.45) is 5.41 Å². The van der Waals surface area contributed by atoms with Crippen molar-refractivity contribution in [3.8, 4) is 0 Å². The molecule has 2 aromatic rings. The lowest BCUT2D eigenvalue weighted by molar-refractivity contribution is -0.123. The summed E-state index contributed by atoms with van der Waals surface area (Å²) >= 11 is 10.9. The lowest BCUT2D eigenvalue weighted by atomic mass is 9.95. The van der Waals surface area contributed by atoms with Gasteiger partial charge in [-0.2, -0.15) is 0 Å². The molecule has 1 aromatic heterocycles. The zero-order valence-electron chi connectivity index (χ0n) is 15.1. The highest BCUT2D eigenvalue weighted by molar-refractivity contribution is 9.09. The van der Waals surface area contributed by atoms with E-state index >= 15 is 0 Å². The van der Waals surface area contributed by atoms with Crippen molar-refractivity contribution in [3.63, 3.8) is 0 Å².